The van der Waals surface area contributed by atoms with Crippen LogP contribution in [0.25, 0.3) is 0 Å². The lowest BCUT2D eigenvalue weighted by atomic mass is 9.95. The van der Waals surface area contributed by atoms with Crippen LogP contribution in [0.4, 0.5) is 0 Å². The number of halogens is 8. The average molecular weight is 1430 g/mol. The number of hydrogen-bond donors (Lipinski definition) is 15. The molecule has 0 aromatic carbocycles. The maximum absolute atomic E-state index is 11.7. The Morgan fingerprint density at radius 2 is 0.402 bits per heavy atom. The van der Waals surface area contributed by atoms with Crippen LogP contribution in [0, 0.1) is 0 Å². The third kappa shape index (κ3) is 15.0. The largest absolute Gasteiger partial charge is 0.388 e. The van der Waals surface area contributed by atoms with E-state index in [2.05, 4.69) is 0 Å². The van der Waals surface area contributed by atoms with E-state index in [0.717, 1.165) is 0 Å². The van der Waals surface area contributed by atoms with Crippen molar-refractivity contribution in [2.75, 3.05) is 47.0 Å². The summed E-state index contributed by atoms with van der Waals surface area (Å²) < 4.78 is 94.9. The van der Waals surface area contributed by atoms with Crippen LogP contribution < -0.4 is 0 Å². The fraction of sp³-hybridized carbons (Fsp3) is 1.00. The van der Waals surface area contributed by atoms with E-state index >= 15 is 0 Å². The lowest BCUT2D eigenvalue weighted by Crippen LogP contribution is -2.68. The SMILES string of the molecule is OC1C[C@@H]2O[C@@H]3OC(CCl)[C@@H](O)[C@H](O[C@H]4OC(CCl)[C@@H](O[C@H]5OC(CCl)[C@@H](O[C@H]6OC(CCl)[C@@H](O[C@H]7OC(CCl)[C@@H](O[C@H]8OC(CCl)[C@@H](O[C@H]9OC(CCl)[C@@H](O[C@@H]1OC2CCl)[C@H](O)C9O)[C@H](O)C8O)[C@H](O)C7O)[C@H](O)C6O)[C@H](O)C5O)[C@H](O)C4O)C3O. The first-order valence-electron chi connectivity index (χ1n) is 27.6. The Hall–Kier alpha value is 1.08. The van der Waals surface area contributed by atoms with Crippen molar-refractivity contribution in [1.82, 2.24) is 0 Å². The fourth-order valence-electron chi connectivity index (χ4n) is 11.7. The van der Waals surface area contributed by atoms with E-state index in [0.29, 0.717) is 0 Å². The Morgan fingerprint density at radius 1 is 0.195 bits per heavy atom. The van der Waals surface area contributed by atoms with Gasteiger partial charge in [-0.1, -0.05) is 0 Å². The van der Waals surface area contributed by atoms with Gasteiger partial charge < -0.3 is 152 Å². The maximum Gasteiger partial charge on any atom is 0.187 e. The quantitative estimate of drug-likeness (QED) is 0.101. The normalized spacial score (nSPS) is 55.0. The van der Waals surface area contributed by atoms with Crippen LogP contribution in [0.3, 0.4) is 0 Å². The monoisotopic (exact) mass is 1420 g/mol. The van der Waals surface area contributed by atoms with Crippen molar-refractivity contribution in [1.29, 1.82) is 0 Å². The van der Waals surface area contributed by atoms with Gasteiger partial charge >= 0.3 is 0 Å². The molecule has 0 aromatic rings. The second-order valence-corrected chi connectivity index (χ2v) is 24.6. The van der Waals surface area contributed by atoms with Gasteiger partial charge in [0.25, 0.3) is 0 Å². The van der Waals surface area contributed by atoms with Crippen molar-refractivity contribution in [3.05, 3.63) is 0 Å². The number of hydrogen-bond acceptors (Lipinski definition) is 31. The second kappa shape index (κ2) is 31.5. The first-order chi connectivity index (χ1) is 41.5. The Morgan fingerprint density at radius 3 is 0.655 bits per heavy atom. The van der Waals surface area contributed by atoms with E-state index in [1.165, 1.54) is 0 Å². The Balaban J connectivity index is 0.981. The zero-order valence-electron chi connectivity index (χ0n) is 45.1. The molecule has 0 spiro atoms. The molecule has 16 unspecified atom stereocenters. The lowest BCUT2D eigenvalue weighted by Gasteiger charge is -2.50. The molecule has 31 nitrogen and oxygen atoms in total. The summed E-state index contributed by atoms with van der Waals surface area (Å²) in [6.07, 6.45) is -69.4. The highest BCUT2D eigenvalue weighted by Gasteiger charge is 2.59. The predicted molar refractivity (Wildman–Crippen MR) is 289 cm³/mol. The van der Waals surface area contributed by atoms with E-state index in [-0.39, 0.29) is 12.3 Å². The number of alkyl halides is 8. The molecule has 0 radical (unpaired) electrons. The van der Waals surface area contributed by atoms with Gasteiger partial charge in [-0.25, -0.2) is 0 Å². The van der Waals surface area contributed by atoms with Crippen LogP contribution in [0.15, 0.2) is 0 Å². The molecule has 0 saturated carbocycles. The van der Waals surface area contributed by atoms with E-state index in [1.54, 1.807) is 0 Å². The van der Waals surface area contributed by atoms with Gasteiger partial charge in [0.05, 0.1) is 53.1 Å². The lowest BCUT2D eigenvalue weighted by molar-refractivity contribution is -0.391. The van der Waals surface area contributed by atoms with Crippen LogP contribution in [0.1, 0.15) is 6.42 Å². The van der Waals surface area contributed by atoms with Crippen molar-refractivity contribution in [3.8, 4) is 0 Å². The molecular weight excluding hydrogens is 1360 g/mol. The van der Waals surface area contributed by atoms with E-state index in [9.17, 15) is 76.6 Å². The predicted octanol–water partition coefficient (Wildman–Crippen LogP) is -6.41. The van der Waals surface area contributed by atoms with Crippen molar-refractivity contribution in [3.63, 3.8) is 0 Å². The Kier molecular flexibility index (Phi) is 26.2. The molecule has 506 valence electrons. The molecule has 26 heterocycles. The van der Waals surface area contributed by atoms with Crippen molar-refractivity contribution in [2.45, 2.75) is 246 Å². The number of ether oxygens (including phenoxy) is 16. The second-order valence-electron chi connectivity index (χ2n) is 22.1. The van der Waals surface area contributed by atoms with Gasteiger partial charge in [-0.2, -0.15) is 0 Å². The molecule has 26 fully saturated rings. The molecule has 16 bridgehead atoms. The van der Waals surface area contributed by atoms with E-state index in [1.807, 2.05) is 0 Å². The van der Waals surface area contributed by atoms with Crippen LogP contribution in [-0.4, -0.2) is 363 Å². The molecule has 15 N–H and O–H groups in total. The summed E-state index contributed by atoms with van der Waals surface area (Å²) in [6.45, 7) is 0. The van der Waals surface area contributed by atoms with Gasteiger partial charge in [-0.15, -0.1) is 92.8 Å². The first kappa shape index (κ1) is 72.4. The van der Waals surface area contributed by atoms with Crippen LogP contribution in [0.2, 0.25) is 0 Å². The van der Waals surface area contributed by atoms with Crippen molar-refractivity contribution in [2.24, 2.45) is 0 Å². The van der Waals surface area contributed by atoms with Gasteiger partial charge in [0.15, 0.2) is 50.3 Å². The van der Waals surface area contributed by atoms with E-state index in [4.69, 9.17) is 169 Å². The molecule has 0 aliphatic carbocycles. The summed E-state index contributed by atoms with van der Waals surface area (Å²) >= 11 is 50.3. The fourth-order valence-corrected chi connectivity index (χ4v) is 13.7. The van der Waals surface area contributed by atoms with Gasteiger partial charge in [-0.05, 0) is 0 Å². The minimum atomic E-state index is -2.10. The Labute approximate surface area is 535 Å². The van der Waals surface area contributed by atoms with Gasteiger partial charge in [-0.3, -0.25) is 0 Å². The topological polar surface area (TPSA) is 451 Å². The molecule has 26 saturated heterocycles. The molecule has 0 amide bonds. The molecular formula is C48H72Cl8O31. The summed E-state index contributed by atoms with van der Waals surface area (Å²) in [5.74, 6) is -3.87. The minimum Gasteiger partial charge on any atom is -0.388 e. The summed E-state index contributed by atoms with van der Waals surface area (Å²) in [5, 5.41) is 172. The molecule has 39 heteroatoms. The molecule has 39 atom stereocenters. The number of aliphatic hydroxyl groups excluding tert-OH is 15. The molecule has 87 heavy (non-hydrogen) atoms. The van der Waals surface area contributed by atoms with Gasteiger partial charge in [0.2, 0.25) is 0 Å². The van der Waals surface area contributed by atoms with Gasteiger partial charge in [0.1, 0.15) is 183 Å². The third-order valence-electron chi connectivity index (χ3n) is 16.6. The first-order valence-corrected chi connectivity index (χ1v) is 31.9. The summed E-state index contributed by atoms with van der Waals surface area (Å²) in [5.41, 5.74) is 0. The highest BCUT2D eigenvalue weighted by atomic mass is 35.5. The number of aliphatic hydroxyl groups is 15. The summed E-state index contributed by atoms with van der Waals surface area (Å²) in [7, 11) is 0. The van der Waals surface area contributed by atoms with Crippen LogP contribution in [0.5, 0.6) is 0 Å². The van der Waals surface area contributed by atoms with Crippen LogP contribution in [-0.2, 0) is 75.8 Å². The van der Waals surface area contributed by atoms with Crippen molar-refractivity contribution < 1.29 is 152 Å². The highest BCUT2D eigenvalue weighted by Crippen LogP contribution is 2.40. The van der Waals surface area contributed by atoms with E-state index < -0.39 is 281 Å². The molecule has 26 aliphatic heterocycles. The zero-order valence-corrected chi connectivity index (χ0v) is 51.2. The smallest absolute Gasteiger partial charge is 0.187 e. The van der Waals surface area contributed by atoms with Crippen molar-refractivity contribution >= 4 is 92.8 Å². The molecule has 0 aromatic heterocycles. The zero-order chi connectivity index (χ0) is 63.2. The van der Waals surface area contributed by atoms with Crippen LogP contribution >= 0.6 is 92.8 Å². The maximum atomic E-state index is 11.7. The Bertz CT molecular complexity index is 2130. The molecule has 26 rings (SSSR count). The summed E-state index contributed by atoms with van der Waals surface area (Å²) in [6, 6.07) is 0. The minimum absolute atomic E-state index is 0.375. The third-order valence-corrected chi connectivity index (χ3v) is 19.0. The number of rotatable bonds is 8. The highest BCUT2D eigenvalue weighted by molar-refractivity contribution is 6.19. The standard InChI is InChI=1S/C48H72Cl8O31/c49-2-12-11-1-10(57)41(73-12)81-34-14(4-51)75-42(27(65)21(34)59)82-35-15(5-52)76-43(28(66)22(35)60)83-36-16(6-53)77-44(29(67)23(36)61)84-37-17(7-54)78-45(30(68)24(37)62)85-38-18(8-55)79-46(31(69)25(38)63)86-39-19(9-56)80-47(32(70)26(39)64)87-40-20(58)13(3-50)74-48(72-11)33(40)71/h10-48,57-71H,1-9H2/t10?,11-,12?,13?,14?,15?,16?,17?,18?,19?,20+,21+,22+,23+,24+,25+,26+,27?,28?,29?,30?,31?,32?,33?,34+,35+,36+,37+,38+,39+,40-,41-,42+,43+,44+,45+,46+,47+,48+/m0/s1. The summed E-state index contributed by atoms with van der Waals surface area (Å²) in [4.78, 5) is 0. The average Bonchev–Trinajstić information content (AvgIpc) is 1.48. The molecule has 26 aliphatic rings. The van der Waals surface area contributed by atoms with Gasteiger partial charge in [0, 0.05) is 6.42 Å².